The van der Waals surface area contributed by atoms with Gasteiger partial charge in [0, 0.05) is 12.5 Å². The van der Waals surface area contributed by atoms with Crippen LogP contribution in [0, 0.1) is 5.92 Å². The molecule has 0 bridgehead atoms. The first kappa shape index (κ1) is 9.95. The molecule has 0 aromatic heterocycles. The van der Waals surface area contributed by atoms with Crippen molar-refractivity contribution in [1.82, 2.24) is 4.72 Å². The Morgan fingerprint density at radius 1 is 1.58 bits per heavy atom. The van der Waals surface area contributed by atoms with Crippen LogP contribution in [0.2, 0.25) is 0 Å². The van der Waals surface area contributed by atoms with Gasteiger partial charge in [-0.1, -0.05) is 0 Å². The number of hydrogen-bond donors (Lipinski definition) is 2. The molecule has 1 fully saturated rings. The van der Waals surface area contributed by atoms with Crippen LogP contribution in [0.1, 0.15) is 12.8 Å². The molecule has 1 rings (SSSR count). The Morgan fingerprint density at radius 2 is 2.33 bits per heavy atom. The maximum atomic E-state index is 10.8. The summed E-state index contributed by atoms with van der Waals surface area (Å²) in [7, 11) is -2.99. The van der Waals surface area contributed by atoms with Crippen LogP contribution in [-0.2, 0) is 10.0 Å². The van der Waals surface area contributed by atoms with Gasteiger partial charge in [-0.2, -0.15) is 0 Å². The largest absolute Gasteiger partial charge is 0.346 e. The van der Waals surface area contributed by atoms with Gasteiger partial charge >= 0.3 is 0 Å². The SMILES string of the molecule is CS(=O)(=O)NC[C@@H]1CCC[NH2+]C1. The highest BCUT2D eigenvalue weighted by atomic mass is 32.2. The van der Waals surface area contributed by atoms with Gasteiger partial charge in [0.25, 0.3) is 0 Å². The van der Waals surface area contributed by atoms with Crippen LogP contribution in [-0.4, -0.2) is 34.3 Å². The second kappa shape index (κ2) is 4.20. The van der Waals surface area contributed by atoms with Crippen LogP contribution < -0.4 is 10.0 Å². The first-order valence-corrected chi connectivity index (χ1v) is 6.23. The summed E-state index contributed by atoms with van der Waals surface area (Å²) in [6.07, 6.45) is 3.56. The Labute approximate surface area is 73.8 Å². The Hall–Kier alpha value is -0.130. The van der Waals surface area contributed by atoms with Gasteiger partial charge in [-0.3, -0.25) is 0 Å². The lowest BCUT2D eigenvalue weighted by Crippen LogP contribution is -2.87. The van der Waals surface area contributed by atoms with Crippen LogP contribution in [0.25, 0.3) is 0 Å². The van der Waals surface area contributed by atoms with E-state index in [-0.39, 0.29) is 0 Å². The van der Waals surface area contributed by atoms with Crippen molar-refractivity contribution in [2.45, 2.75) is 12.8 Å². The molecule has 72 valence electrons. The van der Waals surface area contributed by atoms with E-state index in [0.717, 1.165) is 13.0 Å². The molecular weight excluding hydrogens is 176 g/mol. The van der Waals surface area contributed by atoms with Crippen LogP contribution in [0.15, 0.2) is 0 Å². The van der Waals surface area contributed by atoms with E-state index < -0.39 is 10.0 Å². The van der Waals surface area contributed by atoms with Gasteiger partial charge in [-0.25, -0.2) is 13.1 Å². The van der Waals surface area contributed by atoms with Gasteiger partial charge in [-0.15, -0.1) is 0 Å². The molecule has 4 nitrogen and oxygen atoms in total. The zero-order valence-corrected chi connectivity index (χ0v) is 8.23. The molecule has 1 heterocycles. The molecule has 3 N–H and O–H groups in total. The average molecular weight is 193 g/mol. The topological polar surface area (TPSA) is 62.8 Å². The number of nitrogens with one attached hydrogen (secondary N) is 1. The molecular formula is C7H17N2O2S+. The van der Waals surface area contributed by atoms with E-state index in [1.807, 2.05) is 0 Å². The highest BCUT2D eigenvalue weighted by Crippen LogP contribution is 2.04. The smallest absolute Gasteiger partial charge is 0.208 e. The lowest BCUT2D eigenvalue weighted by Gasteiger charge is -2.19. The maximum Gasteiger partial charge on any atom is 0.208 e. The first-order valence-electron chi connectivity index (χ1n) is 4.34. The molecule has 5 heteroatoms. The number of rotatable bonds is 3. The van der Waals surface area contributed by atoms with E-state index in [9.17, 15) is 8.42 Å². The molecule has 1 aliphatic heterocycles. The van der Waals surface area contributed by atoms with Crippen LogP contribution >= 0.6 is 0 Å². The minimum Gasteiger partial charge on any atom is -0.346 e. The highest BCUT2D eigenvalue weighted by Gasteiger charge is 2.16. The minimum absolute atomic E-state index is 0.522. The molecule has 0 amide bonds. The molecule has 0 aromatic carbocycles. The van der Waals surface area contributed by atoms with E-state index in [2.05, 4.69) is 10.0 Å². The monoisotopic (exact) mass is 193 g/mol. The lowest BCUT2D eigenvalue weighted by molar-refractivity contribution is -0.668. The molecule has 0 saturated carbocycles. The van der Waals surface area contributed by atoms with E-state index in [1.54, 1.807) is 0 Å². The summed E-state index contributed by atoms with van der Waals surface area (Å²) < 4.78 is 24.0. The average Bonchev–Trinajstić information content (AvgIpc) is 2.02. The second-order valence-electron chi connectivity index (χ2n) is 3.44. The summed E-state index contributed by atoms with van der Waals surface area (Å²) in [6.45, 7) is 2.85. The number of hydrogen-bond acceptors (Lipinski definition) is 2. The van der Waals surface area contributed by atoms with Gasteiger partial charge < -0.3 is 5.32 Å². The molecule has 1 atom stereocenters. The fraction of sp³-hybridized carbons (Fsp3) is 1.00. The summed E-state index contributed by atoms with van der Waals surface area (Å²) in [5, 5.41) is 2.25. The third-order valence-electron chi connectivity index (χ3n) is 2.15. The normalized spacial score (nSPS) is 25.6. The minimum atomic E-state index is -2.99. The molecule has 0 unspecified atom stereocenters. The molecule has 0 aromatic rings. The molecule has 0 spiro atoms. The van der Waals surface area contributed by atoms with Crippen molar-refractivity contribution in [3.63, 3.8) is 0 Å². The number of piperidine rings is 1. The Kier molecular flexibility index (Phi) is 3.49. The molecule has 0 aliphatic carbocycles. The quantitative estimate of drug-likeness (QED) is 0.573. The van der Waals surface area contributed by atoms with Crippen molar-refractivity contribution in [2.24, 2.45) is 5.92 Å². The molecule has 12 heavy (non-hydrogen) atoms. The molecule has 0 radical (unpaired) electrons. The van der Waals surface area contributed by atoms with Crippen molar-refractivity contribution in [3.8, 4) is 0 Å². The Morgan fingerprint density at radius 3 is 2.83 bits per heavy atom. The van der Waals surface area contributed by atoms with Gasteiger partial charge in [0.15, 0.2) is 0 Å². The predicted octanol–water partition coefficient (Wildman–Crippen LogP) is -1.49. The third kappa shape index (κ3) is 4.04. The van der Waals surface area contributed by atoms with Crippen LogP contribution in [0.4, 0.5) is 0 Å². The number of sulfonamides is 1. The van der Waals surface area contributed by atoms with Crippen molar-refractivity contribution in [3.05, 3.63) is 0 Å². The summed E-state index contributed by atoms with van der Waals surface area (Å²) in [6, 6.07) is 0. The summed E-state index contributed by atoms with van der Waals surface area (Å²) in [5.74, 6) is 0.522. The van der Waals surface area contributed by atoms with Gasteiger partial charge in [0.05, 0.1) is 19.3 Å². The highest BCUT2D eigenvalue weighted by molar-refractivity contribution is 7.88. The van der Waals surface area contributed by atoms with Crippen LogP contribution in [0.5, 0.6) is 0 Å². The summed E-state index contributed by atoms with van der Waals surface area (Å²) in [4.78, 5) is 0. The molecule has 1 saturated heterocycles. The van der Waals surface area contributed by atoms with Crippen molar-refractivity contribution in [1.29, 1.82) is 0 Å². The molecule has 1 aliphatic rings. The fourth-order valence-corrected chi connectivity index (χ4v) is 2.02. The lowest BCUT2D eigenvalue weighted by atomic mass is 10.0. The summed E-state index contributed by atoms with van der Waals surface area (Å²) >= 11 is 0. The van der Waals surface area contributed by atoms with E-state index in [4.69, 9.17) is 0 Å². The van der Waals surface area contributed by atoms with Crippen molar-refractivity contribution >= 4 is 10.0 Å². The first-order chi connectivity index (χ1) is 5.58. The maximum absolute atomic E-state index is 10.8. The van der Waals surface area contributed by atoms with E-state index in [0.29, 0.717) is 12.5 Å². The second-order valence-corrected chi connectivity index (χ2v) is 5.27. The third-order valence-corrected chi connectivity index (χ3v) is 2.85. The zero-order valence-electron chi connectivity index (χ0n) is 7.41. The fourth-order valence-electron chi connectivity index (χ4n) is 1.48. The Bertz CT molecular complexity index is 220. The zero-order chi connectivity index (χ0) is 9.03. The van der Waals surface area contributed by atoms with E-state index >= 15 is 0 Å². The standard InChI is InChI=1S/C7H16N2O2S/c1-12(10,11)9-6-7-3-2-4-8-5-7/h7-9H,2-6H2,1H3/p+1/t7-/m1/s1. The predicted molar refractivity (Wildman–Crippen MR) is 47.2 cm³/mol. The number of nitrogens with two attached hydrogens (primary N) is 1. The van der Waals surface area contributed by atoms with E-state index in [1.165, 1.54) is 19.2 Å². The van der Waals surface area contributed by atoms with Crippen molar-refractivity contribution in [2.75, 3.05) is 25.9 Å². The van der Waals surface area contributed by atoms with Crippen molar-refractivity contribution < 1.29 is 13.7 Å². The van der Waals surface area contributed by atoms with Gasteiger partial charge in [0.2, 0.25) is 10.0 Å². The van der Waals surface area contributed by atoms with Crippen LogP contribution in [0.3, 0.4) is 0 Å². The summed E-state index contributed by atoms with van der Waals surface area (Å²) in [5.41, 5.74) is 0. The van der Waals surface area contributed by atoms with Gasteiger partial charge in [-0.05, 0) is 12.8 Å². The Balaban J connectivity index is 2.22. The van der Waals surface area contributed by atoms with Gasteiger partial charge in [0.1, 0.15) is 0 Å². The number of quaternary nitrogens is 1.